The highest BCUT2D eigenvalue weighted by Crippen LogP contribution is 2.57. The molecular formula is C40H56BBrO2. The highest BCUT2D eigenvalue weighted by atomic mass is 79.9. The van der Waals surface area contributed by atoms with Gasteiger partial charge in [-0.2, -0.15) is 0 Å². The van der Waals surface area contributed by atoms with E-state index in [0.717, 1.165) is 6.32 Å². The van der Waals surface area contributed by atoms with Gasteiger partial charge < -0.3 is 9.31 Å². The lowest BCUT2D eigenvalue weighted by Crippen LogP contribution is -2.41. The highest BCUT2D eigenvalue weighted by molar-refractivity contribution is 9.10. The number of hydrogen-bond donors (Lipinski definition) is 0. The highest BCUT2D eigenvalue weighted by Gasteiger charge is 2.51. The standard InChI is InChI=1S/C40H56BBrO2/c1-7-9-11-13-15-19-25-40(26-20-16-14-12-10-8-2)35-28-31(42)23-24-34(35)37-33-22-18-17-21-32(33)30(27-36(37)40)29-41-43-38(3,4)39(5,6)44-41/h17-18,21-24,27-28H,7-16,19-20,25-26,29H2,1-6H3. The molecule has 1 saturated heterocycles. The van der Waals surface area contributed by atoms with Crippen molar-refractivity contribution in [2.75, 3.05) is 0 Å². The zero-order chi connectivity index (χ0) is 31.4. The summed E-state index contributed by atoms with van der Waals surface area (Å²) in [6.45, 7) is 13.3. The van der Waals surface area contributed by atoms with E-state index >= 15 is 0 Å². The molecule has 5 rings (SSSR count). The molecular weight excluding hydrogens is 603 g/mol. The number of fused-ring (bicyclic) bond motifs is 5. The quantitative estimate of drug-likeness (QED) is 0.113. The molecule has 0 unspecified atom stereocenters. The summed E-state index contributed by atoms with van der Waals surface area (Å²) in [4.78, 5) is 0. The van der Waals surface area contributed by atoms with E-state index in [1.807, 2.05) is 0 Å². The largest absolute Gasteiger partial charge is 0.462 e. The third-order valence-corrected chi connectivity index (χ3v) is 11.5. The van der Waals surface area contributed by atoms with E-state index in [2.05, 4.69) is 106 Å². The van der Waals surface area contributed by atoms with E-state index in [1.54, 1.807) is 11.1 Å². The van der Waals surface area contributed by atoms with Crippen LogP contribution in [-0.2, 0) is 21.0 Å². The molecule has 0 N–H and O–H groups in total. The van der Waals surface area contributed by atoms with Crippen molar-refractivity contribution in [1.29, 1.82) is 0 Å². The summed E-state index contributed by atoms with van der Waals surface area (Å²) in [5.41, 5.74) is 6.76. The zero-order valence-corrected chi connectivity index (χ0v) is 30.1. The van der Waals surface area contributed by atoms with Crippen molar-refractivity contribution in [2.24, 2.45) is 0 Å². The van der Waals surface area contributed by atoms with E-state index in [1.165, 1.54) is 122 Å². The van der Waals surface area contributed by atoms with E-state index in [0.29, 0.717) is 0 Å². The lowest BCUT2D eigenvalue weighted by atomic mass is 9.69. The molecule has 0 radical (unpaired) electrons. The smallest absolute Gasteiger partial charge is 0.403 e. The Morgan fingerprint density at radius 2 is 1.18 bits per heavy atom. The first kappa shape index (κ1) is 33.7. The Kier molecular flexibility index (Phi) is 11.1. The van der Waals surface area contributed by atoms with Crippen molar-refractivity contribution < 1.29 is 9.31 Å². The van der Waals surface area contributed by atoms with Crippen LogP contribution in [0.2, 0.25) is 0 Å². The molecule has 0 amide bonds. The molecule has 0 aromatic heterocycles. The molecule has 238 valence electrons. The molecule has 0 spiro atoms. The van der Waals surface area contributed by atoms with Crippen molar-refractivity contribution in [3.63, 3.8) is 0 Å². The van der Waals surface area contributed by atoms with Gasteiger partial charge in [0.05, 0.1) is 11.2 Å². The second-order valence-electron chi connectivity index (χ2n) is 14.7. The predicted molar refractivity (Wildman–Crippen MR) is 194 cm³/mol. The van der Waals surface area contributed by atoms with Crippen LogP contribution in [0.1, 0.15) is 148 Å². The predicted octanol–water partition coefficient (Wildman–Crippen LogP) is 12.5. The van der Waals surface area contributed by atoms with Crippen LogP contribution in [0.4, 0.5) is 0 Å². The van der Waals surface area contributed by atoms with Gasteiger partial charge in [0.25, 0.3) is 0 Å². The molecule has 3 aromatic carbocycles. The van der Waals surface area contributed by atoms with Crippen LogP contribution in [0.25, 0.3) is 21.9 Å². The minimum atomic E-state index is -0.327. The van der Waals surface area contributed by atoms with Gasteiger partial charge in [0.15, 0.2) is 0 Å². The fourth-order valence-corrected chi connectivity index (χ4v) is 8.23. The fraction of sp³-hybridized carbons (Fsp3) is 0.600. The molecule has 2 nitrogen and oxygen atoms in total. The summed E-state index contributed by atoms with van der Waals surface area (Å²) in [7, 11) is -0.245. The molecule has 0 bridgehead atoms. The number of rotatable bonds is 16. The Bertz CT molecular complexity index is 1380. The van der Waals surface area contributed by atoms with Crippen LogP contribution >= 0.6 is 15.9 Å². The van der Waals surface area contributed by atoms with Gasteiger partial charge in [-0.25, -0.2) is 0 Å². The maximum Gasteiger partial charge on any atom is 0.462 e. The van der Waals surface area contributed by atoms with Gasteiger partial charge in [-0.3, -0.25) is 0 Å². The second kappa shape index (κ2) is 14.4. The first-order valence-electron chi connectivity index (χ1n) is 17.8. The van der Waals surface area contributed by atoms with Crippen LogP contribution in [0.15, 0.2) is 53.0 Å². The molecule has 1 fully saturated rings. The van der Waals surface area contributed by atoms with E-state index in [4.69, 9.17) is 9.31 Å². The molecule has 44 heavy (non-hydrogen) atoms. The third-order valence-electron chi connectivity index (χ3n) is 11.0. The number of hydrogen-bond acceptors (Lipinski definition) is 2. The van der Waals surface area contributed by atoms with Crippen LogP contribution in [0.3, 0.4) is 0 Å². The van der Waals surface area contributed by atoms with E-state index in [9.17, 15) is 0 Å². The number of unbranched alkanes of at least 4 members (excludes halogenated alkanes) is 10. The topological polar surface area (TPSA) is 18.5 Å². The van der Waals surface area contributed by atoms with Crippen molar-refractivity contribution in [1.82, 2.24) is 0 Å². The lowest BCUT2D eigenvalue weighted by molar-refractivity contribution is 0.00578. The molecule has 1 aliphatic heterocycles. The Hall–Kier alpha value is -1.62. The van der Waals surface area contributed by atoms with Crippen LogP contribution in [0, 0.1) is 0 Å². The van der Waals surface area contributed by atoms with Crippen LogP contribution in [0.5, 0.6) is 0 Å². The summed E-state index contributed by atoms with van der Waals surface area (Å²) in [5, 5.41) is 2.72. The van der Waals surface area contributed by atoms with Crippen molar-refractivity contribution in [3.05, 3.63) is 69.7 Å². The van der Waals surface area contributed by atoms with Gasteiger partial charge in [-0.1, -0.05) is 143 Å². The maximum absolute atomic E-state index is 6.56. The normalized spacial score (nSPS) is 17.8. The summed E-state index contributed by atoms with van der Waals surface area (Å²) in [5.74, 6) is 0. The molecule has 1 heterocycles. The van der Waals surface area contributed by atoms with Gasteiger partial charge >= 0.3 is 7.12 Å². The Labute approximate surface area is 277 Å². The monoisotopic (exact) mass is 658 g/mol. The van der Waals surface area contributed by atoms with Crippen molar-refractivity contribution in [3.8, 4) is 11.1 Å². The van der Waals surface area contributed by atoms with Crippen molar-refractivity contribution in [2.45, 2.75) is 154 Å². The second-order valence-corrected chi connectivity index (χ2v) is 15.6. The minimum Gasteiger partial charge on any atom is -0.403 e. The van der Waals surface area contributed by atoms with Gasteiger partial charge in [0, 0.05) is 16.2 Å². The number of benzene rings is 3. The Balaban J connectivity index is 1.58. The van der Waals surface area contributed by atoms with Gasteiger partial charge in [0.1, 0.15) is 0 Å². The first-order valence-corrected chi connectivity index (χ1v) is 18.6. The fourth-order valence-electron chi connectivity index (χ4n) is 7.87. The molecule has 0 saturated carbocycles. The summed E-state index contributed by atoms with van der Waals surface area (Å²) < 4.78 is 14.3. The summed E-state index contributed by atoms with van der Waals surface area (Å²) in [6.07, 6.45) is 19.2. The summed E-state index contributed by atoms with van der Waals surface area (Å²) >= 11 is 3.89. The zero-order valence-electron chi connectivity index (χ0n) is 28.5. The molecule has 0 atom stereocenters. The first-order chi connectivity index (χ1) is 21.1. The van der Waals surface area contributed by atoms with E-state index < -0.39 is 0 Å². The van der Waals surface area contributed by atoms with Crippen LogP contribution in [-0.4, -0.2) is 18.3 Å². The third kappa shape index (κ3) is 6.89. The van der Waals surface area contributed by atoms with Gasteiger partial charge in [-0.15, -0.1) is 0 Å². The van der Waals surface area contributed by atoms with Crippen LogP contribution < -0.4 is 0 Å². The average Bonchev–Trinajstić information content (AvgIpc) is 3.37. The molecule has 2 aliphatic rings. The van der Waals surface area contributed by atoms with Gasteiger partial charge in [-0.05, 0) is 91.3 Å². The Morgan fingerprint density at radius 1 is 0.636 bits per heavy atom. The Morgan fingerprint density at radius 3 is 1.77 bits per heavy atom. The number of halogens is 1. The maximum atomic E-state index is 6.56. The average molecular weight is 660 g/mol. The van der Waals surface area contributed by atoms with Crippen molar-refractivity contribution >= 4 is 33.8 Å². The molecule has 1 aliphatic carbocycles. The SMILES string of the molecule is CCCCCCCCC1(CCCCCCCC)c2cc(Br)ccc2-c2c1cc(CB1OC(C)(C)C(C)(C)O1)c1ccccc21. The molecule has 4 heteroatoms. The molecule has 3 aromatic rings. The van der Waals surface area contributed by atoms with E-state index in [-0.39, 0.29) is 23.7 Å². The summed E-state index contributed by atoms with van der Waals surface area (Å²) in [6, 6.07) is 18.8. The lowest BCUT2D eigenvalue weighted by Gasteiger charge is -2.33. The minimum absolute atomic E-state index is 0.0403. The van der Waals surface area contributed by atoms with Gasteiger partial charge in [0.2, 0.25) is 0 Å².